The van der Waals surface area contributed by atoms with Crippen molar-refractivity contribution >= 4 is 18.0 Å². The monoisotopic (exact) mass is 296 g/mol. The molecule has 0 aliphatic rings. The summed E-state index contributed by atoms with van der Waals surface area (Å²) in [7, 11) is 1.58. The molecular formula is C17H16N2O3. The molecule has 1 N–H and O–H groups in total. The fraction of sp³-hybridized carbons (Fsp3) is 0.118. The SMILES string of the molecule is CNC(=O)c1ccc(/C=C/C(=O)OCc2ccccn2)cc1. The van der Waals surface area contributed by atoms with E-state index in [4.69, 9.17) is 4.74 Å². The van der Waals surface area contributed by atoms with Crippen LogP contribution in [-0.4, -0.2) is 23.9 Å². The Bertz CT molecular complexity index is 664. The van der Waals surface area contributed by atoms with Gasteiger partial charge in [0.2, 0.25) is 0 Å². The minimum Gasteiger partial charge on any atom is -0.456 e. The summed E-state index contributed by atoms with van der Waals surface area (Å²) in [5.74, 6) is -0.591. The van der Waals surface area contributed by atoms with Crippen molar-refractivity contribution < 1.29 is 14.3 Å². The van der Waals surface area contributed by atoms with Crippen LogP contribution in [0.4, 0.5) is 0 Å². The first kappa shape index (κ1) is 15.4. The van der Waals surface area contributed by atoms with Crippen LogP contribution in [-0.2, 0) is 16.1 Å². The van der Waals surface area contributed by atoms with Gasteiger partial charge < -0.3 is 10.1 Å². The minimum absolute atomic E-state index is 0.139. The van der Waals surface area contributed by atoms with E-state index in [1.54, 1.807) is 55.7 Å². The maximum Gasteiger partial charge on any atom is 0.331 e. The molecule has 0 unspecified atom stereocenters. The van der Waals surface area contributed by atoms with Gasteiger partial charge in [-0.1, -0.05) is 18.2 Å². The number of hydrogen-bond donors (Lipinski definition) is 1. The Labute approximate surface area is 128 Å². The fourth-order valence-electron chi connectivity index (χ4n) is 1.73. The number of carbonyl (C=O) groups is 2. The molecule has 5 heteroatoms. The molecule has 0 saturated carbocycles. The van der Waals surface area contributed by atoms with Crippen molar-refractivity contribution in [1.82, 2.24) is 10.3 Å². The molecular weight excluding hydrogens is 280 g/mol. The zero-order valence-electron chi connectivity index (χ0n) is 12.2. The van der Waals surface area contributed by atoms with Crippen LogP contribution in [0, 0.1) is 0 Å². The van der Waals surface area contributed by atoms with Gasteiger partial charge in [0.25, 0.3) is 5.91 Å². The van der Waals surface area contributed by atoms with Crippen LogP contribution < -0.4 is 5.32 Å². The predicted molar refractivity (Wildman–Crippen MR) is 82.9 cm³/mol. The second-order valence-electron chi connectivity index (χ2n) is 4.46. The van der Waals surface area contributed by atoms with Gasteiger partial charge in [-0.15, -0.1) is 0 Å². The Morgan fingerprint density at radius 3 is 2.59 bits per heavy atom. The summed E-state index contributed by atoms with van der Waals surface area (Å²) in [5, 5.41) is 2.55. The molecule has 0 atom stereocenters. The molecule has 0 bridgehead atoms. The maximum absolute atomic E-state index is 11.6. The molecule has 0 aliphatic carbocycles. The van der Waals surface area contributed by atoms with E-state index in [1.807, 2.05) is 6.07 Å². The lowest BCUT2D eigenvalue weighted by Crippen LogP contribution is -2.17. The highest BCUT2D eigenvalue weighted by Crippen LogP contribution is 2.06. The first-order valence-electron chi connectivity index (χ1n) is 6.76. The summed E-state index contributed by atoms with van der Waals surface area (Å²) in [6, 6.07) is 12.3. The Kier molecular flexibility index (Phi) is 5.43. The molecule has 2 aromatic rings. The Morgan fingerprint density at radius 2 is 1.95 bits per heavy atom. The summed E-state index contributed by atoms with van der Waals surface area (Å²) in [5.41, 5.74) is 2.07. The fourth-order valence-corrected chi connectivity index (χ4v) is 1.73. The standard InChI is InChI=1S/C17H16N2O3/c1-18-17(21)14-8-5-13(6-9-14)7-10-16(20)22-12-15-4-2-3-11-19-15/h2-11H,12H2,1H3,(H,18,21)/b10-7+. The highest BCUT2D eigenvalue weighted by atomic mass is 16.5. The Balaban J connectivity index is 1.88. The van der Waals surface area contributed by atoms with E-state index < -0.39 is 5.97 Å². The third-order valence-corrected chi connectivity index (χ3v) is 2.90. The third kappa shape index (κ3) is 4.56. The smallest absolute Gasteiger partial charge is 0.331 e. The second kappa shape index (κ2) is 7.73. The molecule has 112 valence electrons. The van der Waals surface area contributed by atoms with E-state index in [-0.39, 0.29) is 12.5 Å². The molecule has 22 heavy (non-hydrogen) atoms. The van der Waals surface area contributed by atoms with Gasteiger partial charge in [-0.3, -0.25) is 9.78 Å². The van der Waals surface area contributed by atoms with Crippen LogP contribution in [0.3, 0.4) is 0 Å². The number of nitrogens with zero attached hydrogens (tertiary/aromatic N) is 1. The van der Waals surface area contributed by atoms with Crippen molar-refractivity contribution in [3.8, 4) is 0 Å². The van der Waals surface area contributed by atoms with Crippen molar-refractivity contribution in [2.75, 3.05) is 7.05 Å². The lowest BCUT2D eigenvalue weighted by atomic mass is 10.1. The van der Waals surface area contributed by atoms with Crippen molar-refractivity contribution in [3.05, 3.63) is 71.6 Å². The van der Waals surface area contributed by atoms with E-state index in [0.29, 0.717) is 11.3 Å². The first-order chi connectivity index (χ1) is 10.7. The van der Waals surface area contributed by atoms with Crippen LogP contribution in [0.1, 0.15) is 21.6 Å². The average molecular weight is 296 g/mol. The van der Waals surface area contributed by atoms with Gasteiger partial charge in [0.1, 0.15) is 6.61 Å². The van der Waals surface area contributed by atoms with Crippen LogP contribution in [0.15, 0.2) is 54.7 Å². The molecule has 1 heterocycles. The van der Waals surface area contributed by atoms with Gasteiger partial charge in [-0.2, -0.15) is 0 Å². The number of benzene rings is 1. The Hall–Kier alpha value is -2.95. The first-order valence-corrected chi connectivity index (χ1v) is 6.76. The molecule has 0 fully saturated rings. The molecule has 0 radical (unpaired) electrons. The third-order valence-electron chi connectivity index (χ3n) is 2.90. The van der Waals surface area contributed by atoms with Crippen molar-refractivity contribution in [1.29, 1.82) is 0 Å². The zero-order chi connectivity index (χ0) is 15.8. The van der Waals surface area contributed by atoms with Crippen molar-refractivity contribution in [3.63, 3.8) is 0 Å². The second-order valence-corrected chi connectivity index (χ2v) is 4.46. The van der Waals surface area contributed by atoms with Crippen LogP contribution in [0.25, 0.3) is 6.08 Å². The lowest BCUT2D eigenvalue weighted by Gasteiger charge is -2.01. The lowest BCUT2D eigenvalue weighted by molar-refractivity contribution is -0.139. The molecule has 0 saturated heterocycles. The predicted octanol–water partition coefficient (Wildman–Crippen LogP) is 2.20. The number of ether oxygens (including phenoxy) is 1. The number of aromatic nitrogens is 1. The minimum atomic E-state index is -0.443. The maximum atomic E-state index is 11.6. The van der Waals surface area contributed by atoms with Crippen molar-refractivity contribution in [2.45, 2.75) is 6.61 Å². The number of amides is 1. The topological polar surface area (TPSA) is 68.3 Å². The molecule has 2 rings (SSSR count). The van der Waals surface area contributed by atoms with Gasteiger partial charge in [0.05, 0.1) is 5.69 Å². The number of hydrogen-bond acceptors (Lipinski definition) is 4. The molecule has 1 aromatic heterocycles. The highest BCUT2D eigenvalue weighted by molar-refractivity contribution is 5.94. The largest absolute Gasteiger partial charge is 0.456 e. The Morgan fingerprint density at radius 1 is 1.18 bits per heavy atom. The van der Waals surface area contributed by atoms with E-state index in [0.717, 1.165) is 5.56 Å². The summed E-state index contributed by atoms with van der Waals surface area (Å²) in [4.78, 5) is 27.1. The number of esters is 1. The summed E-state index contributed by atoms with van der Waals surface area (Å²) in [6.45, 7) is 0.139. The van der Waals surface area contributed by atoms with Gasteiger partial charge in [0.15, 0.2) is 0 Å². The number of carbonyl (C=O) groups excluding carboxylic acids is 2. The molecule has 0 spiro atoms. The summed E-state index contributed by atoms with van der Waals surface area (Å²) >= 11 is 0. The molecule has 5 nitrogen and oxygen atoms in total. The number of pyridine rings is 1. The summed E-state index contributed by atoms with van der Waals surface area (Å²) < 4.78 is 5.08. The molecule has 0 aliphatic heterocycles. The van der Waals surface area contributed by atoms with Crippen LogP contribution >= 0.6 is 0 Å². The van der Waals surface area contributed by atoms with Gasteiger partial charge in [-0.25, -0.2) is 4.79 Å². The van der Waals surface area contributed by atoms with E-state index in [9.17, 15) is 9.59 Å². The normalized spacial score (nSPS) is 10.4. The van der Waals surface area contributed by atoms with Gasteiger partial charge in [0, 0.05) is 24.9 Å². The van der Waals surface area contributed by atoms with Crippen molar-refractivity contribution in [2.24, 2.45) is 0 Å². The molecule has 1 amide bonds. The van der Waals surface area contributed by atoms with E-state index in [2.05, 4.69) is 10.3 Å². The zero-order valence-corrected chi connectivity index (χ0v) is 12.2. The van der Waals surface area contributed by atoms with E-state index in [1.165, 1.54) is 6.08 Å². The van der Waals surface area contributed by atoms with Gasteiger partial charge in [-0.05, 0) is 35.9 Å². The molecule has 1 aromatic carbocycles. The van der Waals surface area contributed by atoms with E-state index >= 15 is 0 Å². The van der Waals surface area contributed by atoms with Gasteiger partial charge >= 0.3 is 5.97 Å². The van der Waals surface area contributed by atoms with Crippen LogP contribution in [0.5, 0.6) is 0 Å². The number of rotatable bonds is 5. The quantitative estimate of drug-likeness (QED) is 0.678. The highest BCUT2D eigenvalue weighted by Gasteiger charge is 2.02. The summed E-state index contributed by atoms with van der Waals surface area (Å²) in [6.07, 6.45) is 4.62. The average Bonchev–Trinajstić information content (AvgIpc) is 2.58. The van der Waals surface area contributed by atoms with Crippen LogP contribution in [0.2, 0.25) is 0 Å². The number of nitrogens with one attached hydrogen (secondary N) is 1.